The first-order valence-electron chi connectivity index (χ1n) is 7.69. The molecule has 0 bridgehead atoms. The van der Waals surface area contributed by atoms with Gasteiger partial charge in [-0.25, -0.2) is 4.98 Å². The van der Waals surface area contributed by atoms with E-state index in [4.69, 9.17) is 11.6 Å². The maximum Gasteiger partial charge on any atom is 0.254 e. The Morgan fingerprint density at radius 2 is 2.13 bits per heavy atom. The van der Waals surface area contributed by atoms with E-state index in [0.717, 1.165) is 42.2 Å². The first-order chi connectivity index (χ1) is 11.1. The molecule has 0 aromatic carbocycles. The Morgan fingerprint density at radius 1 is 1.30 bits per heavy atom. The van der Waals surface area contributed by atoms with Gasteiger partial charge in [0.15, 0.2) is 0 Å². The highest BCUT2D eigenvalue weighted by atomic mass is 35.5. The normalized spacial score (nSPS) is 18.3. The molecule has 0 saturated carbocycles. The first-order valence-corrected chi connectivity index (χ1v) is 8.07. The zero-order valence-electron chi connectivity index (χ0n) is 13.4. The Kier molecular flexibility index (Phi) is 3.26. The van der Waals surface area contributed by atoms with Crippen LogP contribution in [0.3, 0.4) is 0 Å². The van der Waals surface area contributed by atoms with E-state index >= 15 is 0 Å². The molecule has 23 heavy (non-hydrogen) atoms. The Labute approximate surface area is 138 Å². The van der Waals surface area contributed by atoms with Crippen LogP contribution in [0, 0.1) is 13.8 Å². The summed E-state index contributed by atoms with van der Waals surface area (Å²) in [6.07, 6.45) is 3.69. The van der Waals surface area contributed by atoms with Crippen molar-refractivity contribution in [1.29, 1.82) is 0 Å². The van der Waals surface area contributed by atoms with Gasteiger partial charge in [0.1, 0.15) is 17.3 Å². The molecule has 7 nitrogen and oxygen atoms in total. The van der Waals surface area contributed by atoms with Gasteiger partial charge in [-0.2, -0.15) is 19.7 Å². The van der Waals surface area contributed by atoms with Gasteiger partial charge >= 0.3 is 0 Å². The van der Waals surface area contributed by atoms with Gasteiger partial charge in [0, 0.05) is 30.9 Å². The van der Waals surface area contributed by atoms with Crippen molar-refractivity contribution in [2.75, 3.05) is 11.4 Å². The lowest BCUT2D eigenvalue weighted by Crippen LogP contribution is -2.26. The van der Waals surface area contributed by atoms with Gasteiger partial charge in [0.25, 0.3) is 5.78 Å². The number of hydrogen-bond donors (Lipinski definition) is 0. The topological polar surface area (TPSA) is 64.1 Å². The molecular formula is C15H18ClN7. The fourth-order valence-corrected chi connectivity index (χ4v) is 3.78. The monoisotopic (exact) mass is 331 g/mol. The number of aryl methyl sites for hydroxylation is 3. The predicted octanol–water partition coefficient (Wildman–Crippen LogP) is 2.47. The molecule has 3 aromatic rings. The molecule has 1 aliphatic rings. The minimum absolute atomic E-state index is 0.199. The van der Waals surface area contributed by atoms with Crippen molar-refractivity contribution in [3.63, 3.8) is 0 Å². The number of aromatic nitrogens is 6. The standard InChI is InChI=1S/C15H18ClN7/c1-9-7-12(23-15(19-9)17-8-18-23)22-6-4-5-11(22)13-10(2)20-21(3)14(13)16/h7-8,11H,4-6H2,1-3H3/t11-/m0/s1. The van der Waals surface area contributed by atoms with Gasteiger partial charge < -0.3 is 4.90 Å². The summed E-state index contributed by atoms with van der Waals surface area (Å²) in [5, 5.41) is 9.50. The maximum absolute atomic E-state index is 6.50. The Morgan fingerprint density at radius 3 is 2.87 bits per heavy atom. The Bertz CT molecular complexity index is 881. The maximum atomic E-state index is 6.50. The van der Waals surface area contributed by atoms with E-state index in [2.05, 4.69) is 31.1 Å². The number of nitrogens with zero attached hydrogens (tertiary/aromatic N) is 7. The van der Waals surface area contributed by atoms with Crippen molar-refractivity contribution in [1.82, 2.24) is 29.4 Å². The molecule has 0 aliphatic carbocycles. The number of fused-ring (bicyclic) bond motifs is 1. The van der Waals surface area contributed by atoms with Crippen LogP contribution in [0.1, 0.15) is 35.8 Å². The Hall–Kier alpha value is -2.15. The summed E-state index contributed by atoms with van der Waals surface area (Å²) < 4.78 is 3.54. The number of hydrogen-bond acceptors (Lipinski definition) is 5. The van der Waals surface area contributed by atoms with Crippen LogP contribution in [-0.2, 0) is 7.05 Å². The summed E-state index contributed by atoms with van der Waals surface area (Å²) in [6, 6.07) is 2.25. The molecule has 0 radical (unpaired) electrons. The number of rotatable bonds is 2. The van der Waals surface area contributed by atoms with Crippen molar-refractivity contribution in [3.05, 3.63) is 34.5 Å². The lowest BCUT2D eigenvalue weighted by Gasteiger charge is -2.27. The third-order valence-electron chi connectivity index (χ3n) is 4.44. The second-order valence-electron chi connectivity index (χ2n) is 5.99. The second-order valence-corrected chi connectivity index (χ2v) is 6.35. The van der Waals surface area contributed by atoms with Gasteiger partial charge in [-0.3, -0.25) is 4.68 Å². The van der Waals surface area contributed by atoms with Crippen LogP contribution in [0.5, 0.6) is 0 Å². The van der Waals surface area contributed by atoms with Crippen molar-refractivity contribution in [2.24, 2.45) is 7.05 Å². The molecule has 1 atom stereocenters. The molecule has 120 valence electrons. The van der Waals surface area contributed by atoms with Crippen LogP contribution in [0.4, 0.5) is 5.82 Å². The highest BCUT2D eigenvalue weighted by molar-refractivity contribution is 6.30. The summed E-state index contributed by atoms with van der Waals surface area (Å²) >= 11 is 6.50. The lowest BCUT2D eigenvalue weighted by atomic mass is 10.1. The zero-order valence-corrected chi connectivity index (χ0v) is 14.1. The predicted molar refractivity (Wildman–Crippen MR) is 87.8 cm³/mol. The van der Waals surface area contributed by atoms with E-state index in [1.165, 1.54) is 0 Å². The Balaban J connectivity index is 1.85. The second kappa shape index (κ2) is 5.19. The fourth-order valence-electron chi connectivity index (χ4n) is 3.48. The molecule has 4 rings (SSSR count). The van der Waals surface area contributed by atoms with E-state index in [-0.39, 0.29) is 6.04 Å². The average Bonchev–Trinajstić information content (AvgIpc) is 3.19. The van der Waals surface area contributed by atoms with E-state index in [9.17, 15) is 0 Å². The van der Waals surface area contributed by atoms with E-state index in [1.54, 1.807) is 15.5 Å². The van der Waals surface area contributed by atoms with Gasteiger partial charge in [-0.15, -0.1) is 0 Å². The molecule has 4 heterocycles. The molecule has 1 saturated heterocycles. The molecule has 0 unspecified atom stereocenters. The zero-order chi connectivity index (χ0) is 16.1. The molecule has 0 spiro atoms. The minimum atomic E-state index is 0.199. The van der Waals surface area contributed by atoms with Crippen LogP contribution in [-0.4, -0.2) is 35.9 Å². The van der Waals surface area contributed by atoms with E-state index in [1.807, 2.05) is 20.9 Å². The molecule has 1 aliphatic heterocycles. The largest absolute Gasteiger partial charge is 0.349 e. The smallest absolute Gasteiger partial charge is 0.254 e. The van der Waals surface area contributed by atoms with Crippen molar-refractivity contribution < 1.29 is 0 Å². The van der Waals surface area contributed by atoms with Gasteiger partial charge in [0.2, 0.25) is 0 Å². The van der Waals surface area contributed by atoms with Crippen molar-refractivity contribution in [3.8, 4) is 0 Å². The highest BCUT2D eigenvalue weighted by Crippen LogP contribution is 2.40. The summed E-state index contributed by atoms with van der Waals surface area (Å²) in [7, 11) is 1.88. The summed E-state index contributed by atoms with van der Waals surface area (Å²) in [5.41, 5.74) is 3.02. The summed E-state index contributed by atoms with van der Waals surface area (Å²) in [5.74, 6) is 1.63. The SMILES string of the molecule is Cc1cc(N2CCC[C@H]2c2c(C)nn(C)c2Cl)n2ncnc2n1. The van der Waals surface area contributed by atoms with Crippen LogP contribution in [0.25, 0.3) is 5.78 Å². The van der Waals surface area contributed by atoms with Crippen LogP contribution in [0.2, 0.25) is 5.15 Å². The summed E-state index contributed by atoms with van der Waals surface area (Å²) in [4.78, 5) is 11.0. The van der Waals surface area contributed by atoms with Gasteiger partial charge in [0.05, 0.1) is 11.7 Å². The fraction of sp³-hybridized carbons (Fsp3) is 0.467. The van der Waals surface area contributed by atoms with Gasteiger partial charge in [-0.05, 0) is 26.7 Å². The third kappa shape index (κ3) is 2.18. The quantitative estimate of drug-likeness (QED) is 0.721. The van der Waals surface area contributed by atoms with Crippen LogP contribution >= 0.6 is 11.6 Å². The van der Waals surface area contributed by atoms with Crippen molar-refractivity contribution in [2.45, 2.75) is 32.7 Å². The molecule has 8 heteroatoms. The average molecular weight is 332 g/mol. The minimum Gasteiger partial charge on any atom is -0.349 e. The van der Waals surface area contributed by atoms with E-state index < -0.39 is 0 Å². The first kappa shape index (κ1) is 14.4. The summed E-state index contributed by atoms with van der Waals surface area (Å²) in [6.45, 7) is 4.94. The van der Waals surface area contributed by atoms with Crippen LogP contribution in [0.15, 0.2) is 12.4 Å². The molecule has 3 aromatic heterocycles. The third-order valence-corrected chi connectivity index (χ3v) is 4.89. The van der Waals surface area contributed by atoms with Crippen molar-refractivity contribution >= 4 is 23.2 Å². The highest BCUT2D eigenvalue weighted by Gasteiger charge is 2.32. The van der Waals surface area contributed by atoms with E-state index in [0.29, 0.717) is 10.9 Å². The van der Waals surface area contributed by atoms with Crippen LogP contribution < -0.4 is 4.90 Å². The molecule has 1 fully saturated rings. The van der Waals surface area contributed by atoms with Gasteiger partial charge in [-0.1, -0.05) is 11.6 Å². The number of anilines is 1. The lowest BCUT2D eigenvalue weighted by molar-refractivity contribution is 0.692. The molecule has 0 N–H and O–H groups in total. The molecule has 0 amide bonds. The number of halogens is 1. The molecular weight excluding hydrogens is 314 g/mol.